The summed E-state index contributed by atoms with van der Waals surface area (Å²) < 4.78 is 0. The van der Waals surface area contributed by atoms with Crippen molar-refractivity contribution < 1.29 is 15.0 Å². The Labute approximate surface area is 138 Å². The second-order valence-corrected chi connectivity index (χ2v) is 5.27. The first-order valence-electron chi connectivity index (χ1n) is 7.43. The Morgan fingerprint density at radius 1 is 1.00 bits per heavy atom. The van der Waals surface area contributed by atoms with Crippen LogP contribution >= 0.6 is 0 Å². The molecule has 3 aromatic carbocycles. The zero-order chi connectivity index (χ0) is 16.9. The summed E-state index contributed by atoms with van der Waals surface area (Å²) in [5.74, 6) is -0.576. The van der Waals surface area contributed by atoms with Crippen LogP contribution in [0, 0.1) is 0 Å². The lowest BCUT2D eigenvalue weighted by molar-refractivity contribution is -0.129. The van der Waals surface area contributed by atoms with Crippen LogP contribution in [0.3, 0.4) is 0 Å². The molecule has 0 aliphatic carbocycles. The molecular formula is C19H16N2O3. The van der Waals surface area contributed by atoms with Crippen molar-refractivity contribution in [2.75, 3.05) is 0 Å². The Balaban J connectivity index is 1.77. The Hall–Kier alpha value is -3.18. The van der Waals surface area contributed by atoms with Crippen molar-refractivity contribution in [3.8, 4) is 5.75 Å². The topological polar surface area (TPSA) is 81.9 Å². The molecule has 0 aliphatic heterocycles. The molecule has 0 heterocycles. The summed E-state index contributed by atoms with van der Waals surface area (Å²) in [6.07, 6.45) is 0.0669. The summed E-state index contributed by atoms with van der Waals surface area (Å²) in [6.45, 7) is 0. The lowest BCUT2D eigenvalue weighted by Crippen LogP contribution is -2.25. The van der Waals surface area contributed by atoms with Gasteiger partial charge in [0.25, 0.3) is 5.91 Å². The Kier molecular flexibility index (Phi) is 4.54. The fraction of sp³-hybridized carbons (Fsp3) is 0.0526. The molecule has 1 atom stereocenters. The van der Waals surface area contributed by atoms with Crippen molar-refractivity contribution in [3.63, 3.8) is 0 Å². The third-order valence-corrected chi connectivity index (χ3v) is 3.68. The predicted octanol–water partition coefficient (Wildman–Crippen LogP) is 2.73. The molecule has 5 heteroatoms. The van der Waals surface area contributed by atoms with E-state index in [1.807, 2.05) is 24.3 Å². The Bertz CT molecular complexity index is 892. The van der Waals surface area contributed by atoms with Gasteiger partial charge in [-0.3, -0.25) is 4.79 Å². The fourth-order valence-electron chi connectivity index (χ4n) is 2.43. The van der Waals surface area contributed by atoms with E-state index in [-0.39, 0.29) is 5.75 Å². The minimum atomic E-state index is -1.30. The third-order valence-electron chi connectivity index (χ3n) is 3.68. The SMILES string of the molecule is O=C(N/N=C\c1c(O)ccc2ccccc12)C(O)c1ccccc1. The van der Waals surface area contributed by atoms with Crippen LogP contribution in [0.2, 0.25) is 0 Å². The molecule has 0 bridgehead atoms. The highest BCUT2D eigenvalue weighted by Gasteiger charge is 2.16. The van der Waals surface area contributed by atoms with E-state index in [9.17, 15) is 15.0 Å². The molecule has 0 aromatic heterocycles. The second kappa shape index (κ2) is 6.93. The number of phenolic OH excluding ortho intramolecular Hbond substituents is 1. The normalized spacial score (nSPS) is 12.4. The van der Waals surface area contributed by atoms with Gasteiger partial charge in [-0.15, -0.1) is 0 Å². The third kappa shape index (κ3) is 3.26. The average molecular weight is 320 g/mol. The lowest BCUT2D eigenvalue weighted by Gasteiger charge is -2.09. The number of aliphatic hydroxyl groups excluding tert-OH is 1. The number of nitrogens with zero attached hydrogens (tertiary/aromatic N) is 1. The van der Waals surface area contributed by atoms with Gasteiger partial charge in [0.05, 0.1) is 6.21 Å². The maximum atomic E-state index is 11.9. The number of aliphatic hydroxyl groups is 1. The molecule has 0 spiro atoms. The van der Waals surface area contributed by atoms with Crippen molar-refractivity contribution >= 4 is 22.9 Å². The summed E-state index contributed by atoms with van der Waals surface area (Å²) in [7, 11) is 0. The zero-order valence-corrected chi connectivity index (χ0v) is 12.8. The molecule has 0 saturated carbocycles. The number of phenols is 1. The van der Waals surface area contributed by atoms with E-state index in [0.29, 0.717) is 11.1 Å². The standard InChI is InChI=1S/C19H16N2O3/c22-17-11-10-13-6-4-5-9-15(13)16(17)12-20-21-19(24)18(23)14-7-2-1-3-8-14/h1-12,18,22-23H,(H,21,24)/b20-12-. The molecule has 3 rings (SSSR count). The van der Waals surface area contributed by atoms with Crippen molar-refractivity contribution in [2.45, 2.75) is 6.10 Å². The smallest absolute Gasteiger partial charge is 0.273 e. The van der Waals surface area contributed by atoms with Gasteiger partial charge in [0.1, 0.15) is 5.75 Å². The van der Waals surface area contributed by atoms with Crippen LogP contribution in [0.15, 0.2) is 71.8 Å². The first-order valence-corrected chi connectivity index (χ1v) is 7.43. The van der Waals surface area contributed by atoms with Gasteiger partial charge in [0.2, 0.25) is 0 Å². The monoisotopic (exact) mass is 320 g/mol. The number of nitrogens with one attached hydrogen (secondary N) is 1. The van der Waals surface area contributed by atoms with Crippen LogP contribution in [0.4, 0.5) is 0 Å². The number of hydrazone groups is 1. The molecule has 0 saturated heterocycles. The van der Waals surface area contributed by atoms with Crippen LogP contribution in [0.25, 0.3) is 10.8 Å². The second-order valence-electron chi connectivity index (χ2n) is 5.27. The molecule has 1 unspecified atom stereocenters. The average Bonchev–Trinajstić information content (AvgIpc) is 2.63. The minimum Gasteiger partial charge on any atom is -0.507 e. The van der Waals surface area contributed by atoms with Gasteiger partial charge in [-0.05, 0) is 22.4 Å². The van der Waals surface area contributed by atoms with Crippen LogP contribution in [0.1, 0.15) is 17.2 Å². The summed E-state index contributed by atoms with van der Waals surface area (Å²) in [5.41, 5.74) is 3.28. The molecule has 120 valence electrons. The van der Waals surface area contributed by atoms with E-state index in [0.717, 1.165) is 10.8 Å². The van der Waals surface area contributed by atoms with Crippen LogP contribution in [-0.4, -0.2) is 22.3 Å². The van der Waals surface area contributed by atoms with E-state index in [1.54, 1.807) is 42.5 Å². The molecular weight excluding hydrogens is 304 g/mol. The Morgan fingerprint density at radius 2 is 1.71 bits per heavy atom. The molecule has 0 radical (unpaired) electrons. The van der Waals surface area contributed by atoms with E-state index < -0.39 is 12.0 Å². The molecule has 0 fully saturated rings. The number of aromatic hydroxyl groups is 1. The first-order chi connectivity index (χ1) is 11.7. The number of fused-ring (bicyclic) bond motifs is 1. The van der Waals surface area contributed by atoms with E-state index in [2.05, 4.69) is 10.5 Å². The molecule has 0 aliphatic rings. The van der Waals surface area contributed by atoms with Crippen molar-refractivity contribution in [1.29, 1.82) is 0 Å². The summed E-state index contributed by atoms with van der Waals surface area (Å²) in [5, 5.41) is 25.6. The minimum absolute atomic E-state index is 0.0651. The fourth-order valence-corrected chi connectivity index (χ4v) is 2.43. The highest BCUT2D eigenvalue weighted by Crippen LogP contribution is 2.25. The maximum absolute atomic E-state index is 11.9. The van der Waals surface area contributed by atoms with Crippen molar-refractivity contribution in [3.05, 3.63) is 77.9 Å². The highest BCUT2D eigenvalue weighted by atomic mass is 16.3. The van der Waals surface area contributed by atoms with Crippen molar-refractivity contribution in [2.24, 2.45) is 5.10 Å². The number of carbonyl (C=O) groups excluding carboxylic acids is 1. The van der Waals surface area contributed by atoms with Gasteiger partial charge in [-0.1, -0.05) is 60.7 Å². The van der Waals surface area contributed by atoms with Gasteiger partial charge in [0.15, 0.2) is 6.10 Å². The van der Waals surface area contributed by atoms with Gasteiger partial charge in [-0.25, -0.2) is 5.43 Å². The Morgan fingerprint density at radius 3 is 2.50 bits per heavy atom. The van der Waals surface area contributed by atoms with Gasteiger partial charge >= 0.3 is 0 Å². The first kappa shape index (κ1) is 15.7. The van der Waals surface area contributed by atoms with Gasteiger partial charge < -0.3 is 10.2 Å². The summed E-state index contributed by atoms with van der Waals surface area (Å²) in [6, 6.07) is 19.5. The van der Waals surface area contributed by atoms with Crippen LogP contribution < -0.4 is 5.43 Å². The van der Waals surface area contributed by atoms with Crippen LogP contribution in [-0.2, 0) is 4.79 Å². The maximum Gasteiger partial charge on any atom is 0.273 e. The lowest BCUT2D eigenvalue weighted by atomic mass is 10.0. The van der Waals surface area contributed by atoms with E-state index in [4.69, 9.17) is 0 Å². The van der Waals surface area contributed by atoms with Gasteiger partial charge in [-0.2, -0.15) is 5.10 Å². The van der Waals surface area contributed by atoms with E-state index >= 15 is 0 Å². The number of hydrogen-bond donors (Lipinski definition) is 3. The number of amides is 1. The van der Waals surface area contributed by atoms with Crippen molar-refractivity contribution in [1.82, 2.24) is 5.43 Å². The predicted molar refractivity (Wildman–Crippen MR) is 92.8 cm³/mol. The van der Waals surface area contributed by atoms with Gasteiger partial charge in [0, 0.05) is 5.56 Å². The number of hydrogen-bond acceptors (Lipinski definition) is 4. The molecule has 5 nitrogen and oxygen atoms in total. The number of rotatable bonds is 4. The largest absolute Gasteiger partial charge is 0.507 e. The number of benzene rings is 3. The molecule has 1 amide bonds. The zero-order valence-electron chi connectivity index (χ0n) is 12.8. The molecule has 3 aromatic rings. The summed E-state index contributed by atoms with van der Waals surface area (Å²) >= 11 is 0. The molecule has 24 heavy (non-hydrogen) atoms. The summed E-state index contributed by atoms with van der Waals surface area (Å²) in [4.78, 5) is 11.9. The van der Waals surface area contributed by atoms with Crippen LogP contribution in [0.5, 0.6) is 5.75 Å². The van der Waals surface area contributed by atoms with E-state index in [1.165, 1.54) is 6.21 Å². The highest BCUT2D eigenvalue weighted by molar-refractivity contribution is 6.02. The quantitative estimate of drug-likeness (QED) is 0.510. The molecule has 3 N–H and O–H groups in total. The number of carbonyl (C=O) groups is 1.